The van der Waals surface area contributed by atoms with Crippen LogP contribution in [-0.4, -0.2) is 19.2 Å². The van der Waals surface area contributed by atoms with E-state index in [1.54, 1.807) is 20.8 Å². The summed E-state index contributed by atoms with van der Waals surface area (Å²) in [6.45, 7) is 5.18. The summed E-state index contributed by atoms with van der Waals surface area (Å²) in [4.78, 5) is 0. The first-order valence-electron chi connectivity index (χ1n) is 7.08. The van der Waals surface area contributed by atoms with Crippen molar-refractivity contribution in [3.05, 3.63) is 42.0 Å². The second kappa shape index (κ2) is 5.70. The highest BCUT2D eigenvalue weighted by molar-refractivity contribution is 7.90. The maximum Gasteiger partial charge on any atom is 0.217 e. The third-order valence-electron chi connectivity index (χ3n) is 3.65. The van der Waals surface area contributed by atoms with Crippen LogP contribution >= 0.6 is 0 Å². The smallest absolute Gasteiger partial charge is 0.212 e. The van der Waals surface area contributed by atoms with Gasteiger partial charge in [0.25, 0.3) is 0 Å². The first-order valence-corrected chi connectivity index (χ1v) is 8.57. The molecule has 0 heterocycles. The maximum atomic E-state index is 12.4. The van der Waals surface area contributed by atoms with Crippen LogP contribution in [-0.2, 0) is 10.0 Å². The molecule has 3 nitrogen and oxygen atoms in total. The fourth-order valence-electron chi connectivity index (χ4n) is 2.31. The van der Waals surface area contributed by atoms with Gasteiger partial charge in [-0.05, 0) is 51.2 Å². The monoisotopic (exact) mass is 293 g/mol. The molecule has 0 saturated heterocycles. The third kappa shape index (κ3) is 3.30. The fraction of sp³-hybridized carbons (Fsp3) is 0.500. The molecule has 0 amide bonds. The minimum Gasteiger partial charge on any atom is -0.212 e. The molecule has 2 rings (SSSR count). The molecule has 20 heavy (non-hydrogen) atoms. The number of nitrogens with one attached hydrogen (secondary N) is 1. The Morgan fingerprint density at radius 3 is 2.40 bits per heavy atom. The molecular formula is C16H23NO2S. The zero-order valence-electron chi connectivity index (χ0n) is 12.4. The minimum atomic E-state index is -3.33. The summed E-state index contributed by atoms with van der Waals surface area (Å²) >= 11 is 0. The molecule has 0 aliphatic heterocycles. The summed E-state index contributed by atoms with van der Waals surface area (Å²) in [5, 5.41) is 0. The lowest BCUT2D eigenvalue weighted by Gasteiger charge is -2.29. The second-order valence-electron chi connectivity index (χ2n) is 6.24. The van der Waals surface area contributed by atoms with Crippen molar-refractivity contribution in [1.82, 2.24) is 4.72 Å². The van der Waals surface area contributed by atoms with E-state index in [9.17, 15) is 8.42 Å². The average Bonchev–Trinajstić information content (AvgIpc) is 2.38. The Hall–Kier alpha value is -1.13. The van der Waals surface area contributed by atoms with Crippen LogP contribution in [0.25, 0.3) is 5.57 Å². The standard InChI is InChI=1S/C16H23NO2S/c1-16(2,3)20(18,19)17-15-12-8-7-11-14(15)13-9-5-4-6-10-13/h4-6,9-11,15,17H,7-8,12H2,1-3H3. The van der Waals surface area contributed by atoms with Crippen molar-refractivity contribution in [2.75, 3.05) is 0 Å². The summed E-state index contributed by atoms with van der Waals surface area (Å²) in [5.74, 6) is 0. The van der Waals surface area contributed by atoms with E-state index in [4.69, 9.17) is 0 Å². The van der Waals surface area contributed by atoms with Gasteiger partial charge in [-0.3, -0.25) is 0 Å². The predicted molar refractivity (Wildman–Crippen MR) is 83.9 cm³/mol. The van der Waals surface area contributed by atoms with Gasteiger partial charge in [0, 0.05) is 6.04 Å². The van der Waals surface area contributed by atoms with Crippen molar-refractivity contribution in [1.29, 1.82) is 0 Å². The van der Waals surface area contributed by atoms with Gasteiger partial charge in [0.05, 0.1) is 4.75 Å². The Bertz CT molecular complexity index is 583. The Labute approximate surface area is 122 Å². The highest BCUT2D eigenvalue weighted by Gasteiger charge is 2.33. The molecule has 4 heteroatoms. The van der Waals surface area contributed by atoms with E-state index in [1.165, 1.54) is 0 Å². The van der Waals surface area contributed by atoms with Gasteiger partial charge < -0.3 is 0 Å². The maximum absolute atomic E-state index is 12.4. The van der Waals surface area contributed by atoms with Crippen LogP contribution in [0.15, 0.2) is 36.4 Å². The summed E-state index contributed by atoms with van der Waals surface area (Å²) in [6, 6.07) is 9.90. The van der Waals surface area contributed by atoms with E-state index < -0.39 is 14.8 Å². The molecule has 1 aromatic carbocycles. The summed E-state index contributed by atoms with van der Waals surface area (Å²) in [7, 11) is -3.33. The van der Waals surface area contributed by atoms with Crippen molar-refractivity contribution in [2.45, 2.75) is 50.8 Å². The second-order valence-corrected chi connectivity index (χ2v) is 8.71. The number of hydrogen-bond donors (Lipinski definition) is 1. The van der Waals surface area contributed by atoms with Gasteiger partial charge in [-0.1, -0.05) is 36.4 Å². The molecule has 0 saturated carbocycles. The van der Waals surface area contributed by atoms with Gasteiger partial charge in [-0.15, -0.1) is 0 Å². The van der Waals surface area contributed by atoms with Crippen molar-refractivity contribution < 1.29 is 8.42 Å². The topological polar surface area (TPSA) is 46.2 Å². The molecule has 0 bridgehead atoms. The largest absolute Gasteiger partial charge is 0.217 e. The van der Waals surface area contributed by atoms with Crippen LogP contribution < -0.4 is 4.72 Å². The zero-order valence-corrected chi connectivity index (χ0v) is 13.2. The molecule has 1 N–H and O–H groups in total. The lowest BCUT2D eigenvalue weighted by atomic mass is 9.90. The Balaban J connectivity index is 2.27. The van der Waals surface area contributed by atoms with E-state index in [0.29, 0.717) is 0 Å². The van der Waals surface area contributed by atoms with Gasteiger partial charge in [0.2, 0.25) is 10.0 Å². The third-order valence-corrected chi connectivity index (χ3v) is 5.85. The summed E-state index contributed by atoms with van der Waals surface area (Å²) < 4.78 is 26.8. The van der Waals surface area contributed by atoms with E-state index in [2.05, 4.69) is 10.8 Å². The van der Waals surface area contributed by atoms with E-state index in [1.807, 2.05) is 30.3 Å². The Morgan fingerprint density at radius 2 is 1.80 bits per heavy atom. The van der Waals surface area contributed by atoms with Gasteiger partial charge in [-0.2, -0.15) is 0 Å². The Morgan fingerprint density at radius 1 is 1.15 bits per heavy atom. The van der Waals surface area contributed by atoms with Crippen LogP contribution in [0.1, 0.15) is 45.6 Å². The Kier molecular flexibility index (Phi) is 4.35. The van der Waals surface area contributed by atoms with E-state index in [-0.39, 0.29) is 6.04 Å². The van der Waals surface area contributed by atoms with Crippen molar-refractivity contribution in [2.24, 2.45) is 0 Å². The highest BCUT2D eigenvalue weighted by atomic mass is 32.2. The summed E-state index contributed by atoms with van der Waals surface area (Å²) in [6.07, 6.45) is 5.05. The molecule has 1 unspecified atom stereocenters. The number of benzene rings is 1. The van der Waals surface area contributed by atoms with Crippen molar-refractivity contribution in [3.63, 3.8) is 0 Å². The predicted octanol–water partition coefficient (Wildman–Crippen LogP) is 3.34. The lowest BCUT2D eigenvalue weighted by molar-refractivity contribution is 0.524. The molecule has 0 radical (unpaired) electrons. The first-order chi connectivity index (χ1) is 9.31. The zero-order chi connectivity index (χ0) is 14.8. The van der Waals surface area contributed by atoms with Crippen LogP contribution in [0.4, 0.5) is 0 Å². The van der Waals surface area contributed by atoms with Crippen LogP contribution in [0, 0.1) is 0 Å². The van der Waals surface area contributed by atoms with Crippen molar-refractivity contribution >= 4 is 15.6 Å². The number of rotatable bonds is 3. The SMILES string of the molecule is CC(C)(C)S(=O)(=O)NC1CCCC=C1c1ccccc1. The quantitative estimate of drug-likeness (QED) is 0.929. The lowest BCUT2D eigenvalue weighted by Crippen LogP contribution is -2.45. The number of allylic oxidation sites excluding steroid dienone is 1. The van der Waals surface area contributed by atoms with Crippen LogP contribution in [0.3, 0.4) is 0 Å². The molecule has 1 aromatic rings. The van der Waals surface area contributed by atoms with Gasteiger partial charge in [0.15, 0.2) is 0 Å². The normalized spacial score (nSPS) is 20.6. The molecular weight excluding hydrogens is 270 g/mol. The molecule has 1 aliphatic carbocycles. The van der Waals surface area contributed by atoms with Crippen LogP contribution in [0.2, 0.25) is 0 Å². The van der Waals surface area contributed by atoms with Gasteiger partial charge in [0.1, 0.15) is 0 Å². The molecule has 0 aromatic heterocycles. The molecule has 0 fully saturated rings. The van der Waals surface area contributed by atoms with Gasteiger partial charge in [-0.25, -0.2) is 13.1 Å². The number of hydrogen-bond acceptors (Lipinski definition) is 2. The van der Waals surface area contributed by atoms with Crippen molar-refractivity contribution in [3.8, 4) is 0 Å². The van der Waals surface area contributed by atoms with E-state index in [0.717, 1.165) is 30.4 Å². The van der Waals surface area contributed by atoms with Gasteiger partial charge >= 0.3 is 0 Å². The summed E-state index contributed by atoms with van der Waals surface area (Å²) in [5.41, 5.74) is 2.21. The molecule has 1 atom stereocenters. The minimum absolute atomic E-state index is 0.115. The number of sulfonamides is 1. The first kappa shape index (κ1) is 15.3. The molecule has 0 spiro atoms. The highest BCUT2D eigenvalue weighted by Crippen LogP contribution is 2.29. The van der Waals surface area contributed by atoms with E-state index >= 15 is 0 Å². The molecule has 110 valence electrons. The fourth-order valence-corrected chi connectivity index (χ4v) is 3.29. The average molecular weight is 293 g/mol. The molecule has 1 aliphatic rings. The van der Waals surface area contributed by atoms with Crippen LogP contribution in [0.5, 0.6) is 0 Å².